The first-order valence-electron chi connectivity index (χ1n) is 5.66. The fourth-order valence-corrected chi connectivity index (χ4v) is 1.63. The van der Waals surface area contributed by atoms with Crippen LogP contribution in [-0.2, 0) is 0 Å². The van der Waals surface area contributed by atoms with Gasteiger partial charge in [0.05, 0.1) is 12.7 Å². The lowest BCUT2D eigenvalue weighted by Crippen LogP contribution is -2.26. The van der Waals surface area contributed by atoms with Gasteiger partial charge in [-0.25, -0.2) is 0 Å². The van der Waals surface area contributed by atoms with Gasteiger partial charge in [-0.15, -0.1) is 0 Å². The highest BCUT2D eigenvalue weighted by Crippen LogP contribution is 2.22. The molecule has 0 bridgehead atoms. The molecular weight excluding hydrogens is 270 g/mol. The first-order valence-corrected chi connectivity index (χ1v) is 6.04. The van der Waals surface area contributed by atoms with Crippen molar-refractivity contribution in [1.29, 1.82) is 0 Å². The molecule has 19 heavy (non-hydrogen) atoms. The average Bonchev–Trinajstić information content (AvgIpc) is 2.42. The van der Waals surface area contributed by atoms with Gasteiger partial charge < -0.3 is 21.0 Å². The molecule has 0 unspecified atom stereocenters. The summed E-state index contributed by atoms with van der Waals surface area (Å²) in [5.41, 5.74) is 5.73. The first kappa shape index (κ1) is 15.1. The minimum atomic E-state index is -0.256. The molecule has 104 valence electrons. The van der Waals surface area contributed by atoms with E-state index in [0.29, 0.717) is 35.7 Å². The number of benzene rings is 1. The molecule has 0 saturated carbocycles. The Balaban J connectivity index is 2.54. The van der Waals surface area contributed by atoms with E-state index in [2.05, 4.69) is 10.5 Å². The predicted octanol–water partition coefficient (Wildman–Crippen LogP) is 1.60. The number of nitrogens with zero attached hydrogens (tertiary/aromatic N) is 1. The summed E-state index contributed by atoms with van der Waals surface area (Å²) in [4.78, 5) is 11.9. The highest BCUT2D eigenvalue weighted by molar-refractivity contribution is 6.30. The summed E-state index contributed by atoms with van der Waals surface area (Å²) < 4.78 is 5.09. The van der Waals surface area contributed by atoms with Crippen molar-refractivity contribution >= 4 is 23.3 Å². The summed E-state index contributed by atoms with van der Waals surface area (Å²) >= 11 is 5.82. The van der Waals surface area contributed by atoms with Gasteiger partial charge in [-0.1, -0.05) is 16.8 Å². The Hall–Kier alpha value is -1.95. The Bertz CT molecular complexity index is 477. The lowest BCUT2D eigenvalue weighted by atomic mass is 10.2. The van der Waals surface area contributed by atoms with E-state index in [1.807, 2.05) is 0 Å². The van der Waals surface area contributed by atoms with Crippen LogP contribution >= 0.6 is 11.6 Å². The fraction of sp³-hybridized carbons (Fsp3) is 0.333. The normalized spacial score (nSPS) is 11.2. The van der Waals surface area contributed by atoms with Gasteiger partial charge >= 0.3 is 0 Å². The largest absolute Gasteiger partial charge is 0.496 e. The van der Waals surface area contributed by atoms with Crippen molar-refractivity contribution in [2.45, 2.75) is 12.8 Å². The van der Waals surface area contributed by atoms with E-state index in [1.165, 1.54) is 7.11 Å². The molecule has 0 saturated heterocycles. The van der Waals surface area contributed by atoms with Crippen molar-refractivity contribution in [3.8, 4) is 5.75 Å². The van der Waals surface area contributed by atoms with Gasteiger partial charge in [-0.3, -0.25) is 4.79 Å². The van der Waals surface area contributed by atoms with Crippen LogP contribution in [-0.4, -0.2) is 30.6 Å². The van der Waals surface area contributed by atoms with E-state index >= 15 is 0 Å². The lowest BCUT2D eigenvalue weighted by Gasteiger charge is -2.09. The second-order valence-electron chi connectivity index (χ2n) is 3.80. The van der Waals surface area contributed by atoms with Crippen molar-refractivity contribution in [2.24, 2.45) is 10.9 Å². The second kappa shape index (κ2) is 7.48. The standard InChI is InChI=1S/C12H16ClN3O3/c1-19-10-7-8(13)4-5-9(10)12(17)15-6-2-3-11(14)16-18/h4-5,7,18H,2-3,6H2,1H3,(H2,14,16)(H,15,17). The smallest absolute Gasteiger partial charge is 0.255 e. The number of hydrogen-bond acceptors (Lipinski definition) is 4. The third kappa shape index (κ3) is 4.67. The molecule has 0 heterocycles. The average molecular weight is 286 g/mol. The Kier molecular flexibility index (Phi) is 5.95. The number of nitrogens with two attached hydrogens (primary N) is 1. The van der Waals surface area contributed by atoms with Crippen LogP contribution in [0.3, 0.4) is 0 Å². The third-order valence-electron chi connectivity index (χ3n) is 2.43. The molecule has 1 rings (SSSR count). The molecule has 0 aromatic heterocycles. The van der Waals surface area contributed by atoms with Crippen LogP contribution < -0.4 is 15.8 Å². The number of amidine groups is 1. The van der Waals surface area contributed by atoms with Crippen LogP contribution in [0.25, 0.3) is 0 Å². The third-order valence-corrected chi connectivity index (χ3v) is 2.67. The maximum atomic E-state index is 11.9. The van der Waals surface area contributed by atoms with Crippen LogP contribution in [0.15, 0.2) is 23.4 Å². The van der Waals surface area contributed by atoms with Crippen LogP contribution in [0.2, 0.25) is 5.02 Å². The molecule has 0 aliphatic rings. The lowest BCUT2D eigenvalue weighted by molar-refractivity contribution is 0.0950. The number of ether oxygens (including phenoxy) is 1. The highest BCUT2D eigenvalue weighted by atomic mass is 35.5. The number of halogens is 1. The maximum Gasteiger partial charge on any atom is 0.255 e. The minimum absolute atomic E-state index is 0.137. The number of hydrogen-bond donors (Lipinski definition) is 3. The van der Waals surface area contributed by atoms with Crippen LogP contribution in [0.1, 0.15) is 23.2 Å². The van der Waals surface area contributed by atoms with E-state index in [-0.39, 0.29) is 11.7 Å². The van der Waals surface area contributed by atoms with E-state index in [1.54, 1.807) is 18.2 Å². The molecule has 4 N–H and O–H groups in total. The Morgan fingerprint density at radius 1 is 1.58 bits per heavy atom. The maximum absolute atomic E-state index is 11.9. The van der Waals surface area contributed by atoms with Crippen molar-refractivity contribution in [3.63, 3.8) is 0 Å². The molecule has 1 amide bonds. The van der Waals surface area contributed by atoms with Gasteiger partial charge in [0.2, 0.25) is 0 Å². The number of amides is 1. The molecule has 6 nitrogen and oxygen atoms in total. The number of carbonyl (C=O) groups excluding carboxylic acids is 1. The molecule has 0 aliphatic heterocycles. The molecule has 1 aromatic rings. The monoisotopic (exact) mass is 285 g/mol. The van der Waals surface area contributed by atoms with Gasteiger partial charge in [0.15, 0.2) is 0 Å². The van der Waals surface area contributed by atoms with Gasteiger partial charge in [0.25, 0.3) is 5.91 Å². The predicted molar refractivity (Wildman–Crippen MR) is 73.0 cm³/mol. The van der Waals surface area contributed by atoms with Crippen molar-refractivity contribution in [1.82, 2.24) is 5.32 Å². The van der Waals surface area contributed by atoms with Crippen LogP contribution in [0.5, 0.6) is 5.75 Å². The molecular formula is C12H16ClN3O3. The molecule has 7 heteroatoms. The zero-order valence-electron chi connectivity index (χ0n) is 10.5. The van der Waals surface area contributed by atoms with E-state index in [9.17, 15) is 4.79 Å². The van der Waals surface area contributed by atoms with Crippen LogP contribution in [0.4, 0.5) is 0 Å². The Morgan fingerprint density at radius 3 is 2.95 bits per heavy atom. The van der Waals surface area contributed by atoms with E-state index < -0.39 is 0 Å². The summed E-state index contributed by atoms with van der Waals surface area (Å²) in [5.74, 6) is 0.299. The fourth-order valence-electron chi connectivity index (χ4n) is 1.47. The number of oxime groups is 1. The Labute approximate surface area is 116 Å². The minimum Gasteiger partial charge on any atom is -0.496 e. The van der Waals surface area contributed by atoms with Gasteiger partial charge in [-0.05, 0) is 24.6 Å². The van der Waals surface area contributed by atoms with Gasteiger partial charge in [0, 0.05) is 18.0 Å². The van der Waals surface area contributed by atoms with Crippen molar-refractivity contribution in [2.75, 3.05) is 13.7 Å². The van der Waals surface area contributed by atoms with Crippen LogP contribution in [0, 0.1) is 0 Å². The number of carbonyl (C=O) groups is 1. The zero-order valence-corrected chi connectivity index (χ0v) is 11.3. The quantitative estimate of drug-likeness (QED) is 0.243. The van der Waals surface area contributed by atoms with Gasteiger partial charge in [0.1, 0.15) is 11.6 Å². The van der Waals surface area contributed by atoms with Crippen molar-refractivity contribution in [3.05, 3.63) is 28.8 Å². The molecule has 0 fully saturated rings. The summed E-state index contributed by atoms with van der Waals surface area (Å²) in [6, 6.07) is 4.79. The van der Waals surface area contributed by atoms with Gasteiger partial charge in [-0.2, -0.15) is 0 Å². The highest BCUT2D eigenvalue weighted by Gasteiger charge is 2.11. The molecule has 0 aliphatic carbocycles. The summed E-state index contributed by atoms with van der Waals surface area (Å²) in [7, 11) is 1.47. The summed E-state index contributed by atoms with van der Waals surface area (Å²) in [6.07, 6.45) is 0.992. The van der Waals surface area contributed by atoms with Crippen molar-refractivity contribution < 1.29 is 14.7 Å². The van der Waals surface area contributed by atoms with E-state index in [4.69, 9.17) is 27.3 Å². The number of rotatable bonds is 6. The molecule has 0 spiro atoms. The number of nitrogens with one attached hydrogen (secondary N) is 1. The Morgan fingerprint density at radius 2 is 2.32 bits per heavy atom. The molecule has 0 radical (unpaired) electrons. The topological polar surface area (TPSA) is 96.9 Å². The van der Waals surface area contributed by atoms with E-state index in [0.717, 1.165) is 0 Å². The second-order valence-corrected chi connectivity index (χ2v) is 4.23. The SMILES string of the molecule is COc1cc(Cl)ccc1C(=O)NCCCC(N)=NO. The molecule has 1 aromatic carbocycles. The first-order chi connectivity index (χ1) is 9.08. The summed E-state index contributed by atoms with van der Waals surface area (Å²) in [5, 5.41) is 14.4. The zero-order chi connectivity index (χ0) is 14.3. The molecule has 0 atom stereocenters. The number of methoxy groups -OCH3 is 1. The summed E-state index contributed by atoms with van der Waals surface area (Å²) in [6.45, 7) is 0.417.